The summed E-state index contributed by atoms with van der Waals surface area (Å²) >= 11 is 0. The van der Waals surface area contributed by atoms with Crippen LogP contribution in [-0.4, -0.2) is 25.0 Å². The maximum Gasteiger partial charge on any atom is 0.263 e. The summed E-state index contributed by atoms with van der Waals surface area (Å²) in [5.74, 6) is 0.249. The topological polar surface area (TPSA) is 81.2 Å². The predicted octanol–water partition coefficient (Wildman–Crippen LogP) is 3.60. The largest absolute Gasteiger partial charge is 0.475 e. The fraction of sp³-hybridized carbons (Fsp3) is 0.200. The second kappa shape index (κ2) is 8.64. The van der Waals surface area contributed by atoms with E-state index >= 15 is 0 Å². The molecule has 3 aromatic rings. The Hall–Kier alpha value is -2.93. The van der Waals surface area contributed by atoms with Gasteiger partial charge in [0.15, 0.2) is 0 Å². The van der Waals surface area contributed by atoms with Crippen LogP contribution in [0.1, 0.15) is 17.5 Å². The molecule has 0 fully saturated rings. The van der Waals surface area contributed by atoms with Crippen LogP contribution in [0, 0.1) is 6.92 Å². The van der Waals surface area contributed by atoms with Crippen molar-refractivity contribution in [3.05, 3.63) is 78.1 Å². The number of nitrogens with one attached hydrogen (secondary N) is 1. The van der Waals surface area contributed by atoms with E-state index in [1.165, 1.54) is 18.0 Å². The van der Waals surface area contributed by atoms with Gasteiger partial charge in [0.1, 0.15) is 0 Å². The van der Waals surface area contributed by atoms with Crippen LogP contribution < -0.4 is 9.46 Å². The SMILES string of the molecule is Cc1ccc(S(=O)(=O)Nc2nccnc2OCCCc2ccccc2)cc1. The van der Waals surface area contributed by atoms with E-state index in [1.54, 1.807) is 24.3 Å². The van der Waals surface area contributed by atoms with Crippen molar-refractivity contribution in [3.63, 3.8) is 0 Å². The molecule has 0 aliphatic carbocycles. The van der Waals surface area contributed by atoms with E-state index in [9.17, 15) is 8.42 Å². The third-order valence-corrected chi connectivity index (χ3v) is 5.27. The number of aryl methyl sites for hydroxylation is 2. The van der Waals surface area contributed by atoms with Crippen LogP contribution in [0.3, 0.4) is 0 Å². The molecule has 1 heterocycles. The highest BCUT2D eigenvalue weighted by atomic mass is 32.2. The number of rotatable bonds is 8. The first-order valence-corrected chi connectivity index (χ1v) is 10.1. The highest BCUT2D eigenvalue weighted by Crippen LogP contribution is 2.22. The number of ether oxygens (including phenoxy) is 1. The first-order chi connectivity index (χ1) is 13.0. The van der Waals surface area contributed by atoms with Gasteiger partial charge >= 0.3 is 0 Å². The molecule has 140 valence electrons. The van der Waals surface area contributed by atoms with Crippen molar-refractivity contribution >= 4 is 15.8 Å². The summed E-state index contributed by atoms with van der Waals surface area (Å²) in [5.41, 5.74) is 2.21. The van der Waals surface area contributed by atoms with Crippen LogP contribution in [0.15, 0.2) is 71.9 Å². The summed E-state index contributed by atoms with van der Waals surface area (Å²) in [5, 5.41) is 0. The van der Waals surface area contributed by atoms with Crippen molar-refractivity contribution in [3.8, 4) is 5.88 Å². The molecule has 2 aromatic carbocycles. The maximum absolute atomic E-state index is 12.5. The van der Waals surface area contributed by atoms with Crippen LogP contribution >= 0.6 is 0 Å². The normalized spacial score (nSPS) is 11.1. The van der Waals surface area contributed by atoms with Gasteiger partial charge in [-0.1, -0.05) is 48.0 Å². The van der Waals surface area contributed by atoms with Crippen LogP contribution in [0.25, 0.3) is 0 Å². The highest BCUT2D eigenvalue weighted by Gasteiger charge is 2.18. The van der Waals surface area contributed by atoms with Crippen LogP contribution in [0.5, 0.6) is 5.88 Å². The average Bonchev–Trinajstić information content (AvgIpc) is 2.67. The van der Waals surface area contributed by atoms with Gasteiger partial charge < -0.3 is 4.74 Å². The minimum absolute atomic E-state index is 0.0813. The van der Waals surface area contributed by atoms with E-state index < -0.39 is 10.0 Å². The van der Waals surface area contributed by atoms with Gasteiger partial charge in [0.2, 0.25) is 5.82 Å². The van der Waals surface area contributed by atoms with E-state index in [4.69, 9.17) is 4.74 Å². The Labute approximate surface area is 159 Å². The van der Waals surface area contributed by atoms with Crippen molar-refractivity contribution in [2.45, 2.75) is 24.7 Å². The smallest absolute Gasteiger partial charge is 0.263 e. The van der Waals surface area contributed by atoms with E-state index in [0.717, 1.165) is 18.4 Å². The molecular formula is C20H21N3O3S. The van der Waals surface area contributed by atoms with Crippen molar-refractivity contribution < 1.29 is 13.2 Å². The molecule has 27 heavy (non-hydrogen) atoms. The van der Waals surface area contributed by atoms with Crippen LogP contribution in [-0.2, 0) is 16.4 Å². The Balaban J connectivity index is 1.64. The van der Waals surface area contributed by atoms with E-state index in [2.05, 4.69) is 26.8 Å². The fourth-order valence-corrected chi connectivity index (χ4v) is 3.50. The average molecular weight is 383 g/mol. The first-order valence-electron chi connectivity index (χ1n) is 8.62. The molecule has 1 N–H and O–H groups in total. The van der Waals surface area contributed by atoms with Crippen molar-refractivity contribution in [1.82, 2.24) is 9.97 Å². The second-order valence-corrected chi connectivity index (χ2v) is 7.75. The molecule has 0 spiro atoms. The number of aromatic nitrogens is 2. The standard InChI is InChI=1S/C20H21N3O3S/c1-16-9-11-18(12-10-16)27(24,25)23-19-20(22-14-13-21-19)26-15-5-8-17-6-3-2-4-7-17/h2-4,6-7,9-14H,5,8,15H2,1H3,(H,21,23). The fourth-order valence-electron chi connectivity index (χ4n) is 2.49. The van der Waals surface area contributed by atoms with Crippen LogP contribution in [0.2, 0.25) is 0 Å². The van der Waals surface area contributed by atoms with Gasteiger partial charge in [-0.15, -0.1) is 0 Å². The Morgan fingerprint density at radius 1 is 0.963 bits per heavy atom. The molecule has 0 amide bonds. The highest BCUT2D eigenvalue weighted by molar-refractivity contribution is 7.92. The lowest BCUT2D eigenvalue weighted by molar-refractivity contribution is 0.300. The molecule has 0 unspecified atom stereocenters. The van der Waals surface area contributed by atoms with Crippen molar-refractivity contribution in [2.75, 3.05) is 11.3 Å². The number of hydrogen-bond acceptors (Lipinski definition) is 5. The lowest BCUT2D eigenvalue weighted by Crippen LogP contribution is -2.15. The zero-order valence-corrected chi connectivity index (χ0v) is 15.8. The molecule has 0 saturated heterocycles. The summed E-state index contributed by atoms with van der Waals surface area (Å²) in [6, 6.07) is 16.7. The maximum atomic E-state index is 12.5. The summed E-state index contributed by atoms with van der Waals surface area (Å²) in [6.07, 6.45) is 4.54. The minimum Gasteiger partial charge on any atom is -0.475 e. The molecule has 0 aliphatic rings. The van der Waals surface area contributed by atoms with Crippen molar-refractivity contribution in [2.24, 2.45) is 0 Å². The van der Waals surface area contributed by atoms with Gasteiger partial charge in [0.25, 0.3) is 15.9 Å². The summed E-state index contributed by atoms with van der Waals surface area (Å²) in [4.78, 5) is 8.33. The second-order valence-electron chi connectivity index (χ2n) is 6.07. The summed E-state index contributed by atoms with van der Waals surface area (Å²) in [6.45, 7) is 2.31. The molecule has 0 saturated carbocycles. The summed E-state index contributed by atoms with van der Waals surface area (Å²) in [7, 11) is -3.76. The van der Waals surface area contributed by atoms with Gasteiger partial charge in [0, 0.05) is 12.4 Å². The van der Waals surface area contributed by atoms with E-state index in [0.29, 0.717) is 6.61 Å². The molecule has 0 atom stereocenters. The predicted molar refractivity (Wildman–Crippen MR) is 104 cm³/mol. The Morgan fingerprint density at radius 3 is 2.41 bits per heavy atom. The van der Waals surface area contributed by atoms with Gasteiger partial charge in [-0.25, -0.2) is 18.4 Å². The molecular weight excluding hydrogens is 362 g/mol. The molecule has 0 aliphatic heterocycles. The van der Waals surface area contributed by atoms with E-state index in [1.807, 2.05) is 25.1 Å². The first kappa shape index (κ1) is 18.8. The zero-order chi connectivity index (χ0) is 19.1. The monoisotopic (exact) mass is 383 g/mol. The number of anilines is 1. The van der Waals surface area contributed by atoms with Gasteiger partial charge in [-0.2, -0.15) is 0 Å². The zero-order valence-electron chi connectivity index (χ0n) is 15.0. The number of sulfonamides is 1. The quantitative estimate of drug-likeness (QED) is 0.601. The summed E-state index contributed by atoms with van der Waals surface area (Å²) < 4.78 is 33.2. The molecule has 7 heteroatoms. The van der Waals surface area contributed by atoms with Crippen molar-refractivity contribution in [1.29, 1.82) is 0 Å². The van der Waals surface area contributed by atoms with Gasteiger partial charge in [0.05, 0.1) is 11.5 Å². The molecule has 3 rings (SSSR count). The van der Waals surface area contributed by atoms with E-state index in [-0.39, 0.29) is 16.6 Å². The molecule has 0 bridgehead atoms. The minimum atomic E-state index is -3.76. The number of hydrogen-bond donors (Lipinski definition) is 1. The van der Waals surface area contributed by atoms with Gasteiger partial charge in [-0.3, -0.25) is 4.72 Å². The lowest BCUT2D eigenvalue weighted by Gasteiger charge is -2.11. The van der Waals surface area contributed by atoms with Gasteiger partial charge in [-0.05, 0) is 37.5 Å². The Kier molecular flexibility index (Phi) is 6.03. The Bertz CT molecular complexity index is 975. The molecule has 1 aromatic heterocycles. The number of benzene rings is 2. The number of nitrogens with zero attached hydrogens (tertiary/aromatic N) is 2. The molecule has 6 nitrogen and oxygen atoms in total. The molecule has 0 radical (unpaired) electrons. The third kappa shape index (κ3) is 5.27. The Morgan fingerprint density at radius 2 is 1.67 bits per heavy atom. The van der Waals surface area contributed by atoms with Crippen LogP contribution in [0.4, 0.5) is 5.82 Å². The third-order valence-electron chi connectivity index (χ3n) is 3.92. The lowest BCUT2D eigenvalue weighted by atomic mass is 10.1.